The van der Waals surface area contributed by atoms with Crippen LogP contribution in [0.4, 0.5) is 0 Å². The van der Waals surface area contributed by atoms with Gasteiger partial charge in [0.25, 0.3) is 0 Å². The molecule has 0 unspecified atom stereocenters. The molecule has 0 radical (unpaired) electrons. The van der Waals surface area contributed by atoms with Crippen LogP contribution < -0.4 is 10.8 Å². The van der Waals surface area contributed by atoms with Gasteiger partial charge in [-0.25, -0.2) is 0 Å². The van der Waals surface area contributed by atoms with Crippen LogP contribution in [-0.4, -0.2) is 22.7 Å². The number of thioether (sulfide) groups is 1. The van der Waals surface area contributed by atoms with Gasteiger partial charge in [0.1, 0.15) is 5.75 Å². The van der Waals surface area contributed by atoms with E-state index in [1.807, 2.05) is 12.3 Å². The van der Waals surface area contributed by atoms with E-state index in [4.69, 9.17) is 5.73 Å². The third kappa shape index (κ3) is 3.10. The van der Waals surface area contributed by atoms with Gasteiger partial charge in [-0.05, 0) is 18.4 Å². The average molecular weight is 210 g/mol. The van der Waals surface area contributed by atoms with E-state index in [-0.39, 0.29) is 5.75 Å². The molecule has 5 heteroatoms. The maximum Gasteiger partial charge on any atom is 0.225 e. The van der Waals surface area contributed by atoms with Crippen molar-refractivity contribution in [1.29, 1.82) is 0 Å². The summed E-state index contributed by atoms with van der Waals surface area (Å²) in [5.74, 6) is 0.206. The lowest BCUT2D eigenvalue weighted by Gasteiger charge is -1.91. The van der Waals surface area contributed by atoms with Crippen LogP contribution in [0.1, 0.15) is 5.56 Å². The smallest absolute Gasteiger partial charge is 0.225 e. The minimum absolute atomic E-state index is 0.206. The molecule has 4 nitrogen and oxygen atoms in total. The van der Waals surface area contributed by atoms with E-state index in [1.165, 1.54) is 11.8 Å². The predicted octanol–water partition coefficient (Wildman–Crippen LogP) is -0.516. The van der Waals surface area contributed by atoms with Crippen molar-refractivity contribution in [2.24, 2.45) is 10.8 Å². The van der Waals surface area contributed by atoms with Gasteiger partial charge in [-0.2, -0.15) is 0 Å². The molecule has 0 bridgehead atoms. The van der Waals surface area contributed by atoms with Crippen LogP contribution in [0.25, 0.3) is 0 Å². The number of benzene rings is 1. The minimum Gasteiger partial charge on any atom is -0.507 e. The molecule has 0 aliphatic rings. The van der Waals surface area contributed by atoms with Gasteiger partial charge >= 0.3 is 0 Å². The first-order chi connectivity index (χ1) is 6.74. The molecule has 74 valence electrons. The summed E-state index contributed by atoms with van der Waals surface area (Å²) in [5, 5.41) is 16.3. The third-order valence-electron chi connectivity index (χ3n) is 1.54. The topological polar surface area (TPSA) is 72.6 Å². The summed E-state index contributed by atoms with van der Waals surface area (Å²) in [7, 11) is 0. The van der Waals surface area contributed by atoms with E-state index in [2.05, 4.69) is 10.2 Å². The Labute approximate surface area is 86.5 Å². The Morgan fingerprint density at radius 3 is 2.93 bits per heavy atom. The van der Waals surface area contributed by atoms with Gasteiger partial charge in [0.2, 0.25) is 11.4 Å². The zero-order chi connectivity index (χ0) is 10.4. The molecular formula is C9H12N3OS+. The van der Waals surface area contributed by atoms with Gasteiger partial charge in [-0.3, -0.25) is 0 Å². The SMILES string of the molecule is CSC(N)=N/[NH+]=C/c1ccccc1O. The summed E-state index contributed by atoms with van der Waals surface area (Å²) < 4.78 is 0. The number of hydrogen-bond acceptors (Lipinski definition) is 3. The van der Waals surface area contributed by atoms with E-state index in [1.54, 1.807) is 24.4 Å². The highest BCUT2D eigenvalue weighted by Gasteiger charge is 1.97. The lowest BCUT2D eigenvalue weighted by Crippen LogP contribution is -2.62. The van der Waals surface area contributed by atoms with Crippen LogP contribution in [0.2, 0.25) is 0 Å². The Balaban J connectivity index is 2.74. The number of hydrogen-bond donors (Lipinski definition) is 3. The fourth-order valence-corrected chi connectivity index (χ4v) is 0.965. The van der Waals surface area contributed by atoms with Gasteiger partial charge in [0, 0.05) is 5.10 Å². The highest BCUT2D eigenvalue weighted by molar-refractivity contribution is 8.13. The molecule has 4 N–H and O–H groups in total. The lowest BCUT2D eigenvalue weighted by molar-refractivity contribution is -0.456. The van der Waals surface area contributed by atoms with Crippen LogP contribution in [0, 0.1) is 0 Å². The van der Waals surface area contributed by atoms with Crippen molar-refractivity contribution in [3.63, 3.8) is 0 Å². The summed E-state index contributed by atoms with van der Waals surface area (Å²) in [6.07, 6.45) is 3.42. The predicted molar refractivity (Wildman–Crippen MR) is 59.4 cm³/mol. The third-order valence-corrected chi connectivity index (χ3v) is 2.05. The van der Waals surface area contributed by atoms with E-state index >= 15 is 0 Å². The van der Waals surface area contributed by atoms with Gasteiger partial charge in [0.05, 0.1) is 5.56 Å². The van der Waals surface area contributed by atoms with Gasteiger partial charge in [-0.15, -0.1) is 5.10 Å². The summed E-state index contributed by atoms with van der Waals surface area (Å²) in [5.41, 5.74) is 6.11. The fourth-order valence-electron chi connectivity index (χ4n) is 0.821. The maximum atomic E-state index is 9.38. The first kappa shape index (κ1) is 10.6. The molecule has 14 heavy (non-hydrogen) atoms. The number of aromatic hydroxyl groups is 1. The van der Waals surface area contributed by atoms with Crippen molar-refractivity contribution in [2.75, 3.05) is 6.26 Å². The zero-order valence-corrected chi connectivity index (χ0v) is 8.58. The second-order valence-corrected chi connectivity index (χ2v) is 3.31. The summed E-state index contributed by atoms with van der Waals surface area (Å²) in [4.78, 5) is 0. The molecule has 0 saturated heterocycles. The number of phenols is 1. The number of rotatable bonds is 2. The lowest BCUT2D eigenvalue weighted by atomic mass is 10.2. The Kier molecular flexibility index (Phi) is 4.00. The second-order valence-electron chi connectivity index (χ2n) is 2.49. The van der Waals surface area contributed by atoms with Crippen LogP contribution in [0.3, 0.4) is 0 Å². The first-order valence-electron chi connectivity index (χ1n) is 3.98. The average Bonchev–Trinajstić information content (AvgIpc) is 2.20. The molecule has 0 aliphatic heterocycles. The molecule has 1 aromatic carbocycles. The summed E-state index contributed by atoms with van der Waals surface area (Å²) in [6, 6.07) is 6.96. The largest absolute Gasteiger partial charge is 0.507 e. The highest BCUT2D eigenvalue weighted by Crippen LogP contribution is 2.11. The number of nitrogens with two attached hydrogens (primary N) is 1. The Morgan fingerprint density at radius 2 is 2.29 bits per heavy atom. The Hall–Kier alpha value is -1.49. The van der Waals surface area contributed by atoms with Crippen molar-refractivity contribution in [1.82, 2.24) is 0 Å². The molecule has 1 rings (SSSR count). The quantitative estimate of drug-likeness (QED) is 0.349. The van der Waals surface area contributed by atoms with Crippen molar-refractivity contribution >= 4 is 23.1 Å². The summed E-state index contributed by atoms with van der Waals surface area (Å²) in [6.45, 7) is 0. The van der Waals surface area contributed by atoms with Crippen molar-refractivity contribution in [2.45, 2.75) is 0 Å². The Bertz CT molecular complexity index is 363. The van der Waals surface area contributed by atoms with Crippen molar-refractivity contribution in [3.05, 3.63) is 29.8 Å². The number of hydrazone groups is 1. The van der Waals surface area contributed by atoms with Crippen LogP contribution in [-0.2, 0) is 0 Å². The number of phenolic OH excluding ortho intramolecular Hbond substituents is 1. The maximum absolute atomic E-state index is 9.38. The van der Waals surface area contributed by atoms with Crippen LogP contribution in [0.15, 0.2) is 29.4 Å². The van der Waals surface area contributed by atoms with Gasteiger partial charge in [-0.1, -0.05) is 23.9 Å². The number of nitrogens with one attached hydrogen (secondary N) is 1. The molecule has 0 saturated carbocycles. The molecular weight excluding hydrogens is 198 g/mol. The second kappa shape index (κ2) is 5.29. The number of amidine groups is 1. The normalized spacial score (nSPS) is 12.2. The molecule has 0 amide bonds. The highest BCUT2D eigenvalue weighted by atomic mass is 32.2. The Morgan fingerprint density at radius 1 is 1.57 bits per heavy atom. The van der Waals surface area contributed by atoms with E-state index in [0.29, 0.717) is 10.7 Å². The molecule has 1 aromatic rings. The zero-order valence-electron chi connectivity index (χ0n) is 7.77. The van der Waals surface area contributed by atoms with Gasteiger partial charge < -0.3 is 10.8 Å². The molecule has 0 heterocycles. The fraction of sp³-hybridized carbons (Fsp3) is 0.111. The van der Waals surface area contributed by atoms with Crippen molar-refractivity contribution < 1.29 is 10.2 Å². The van der Waals surface area contributed by atoms with Crippen LogP contribution in [0.5, 0.6) is 5.75 Å². The molecule has 0 aromatic heterocycles. The number of nitrogens with zero attached hydrogens (tertiary/aromatic N) is 1. The van der Waals surface area contributed by atoms with E-state index in [9.17, 15) is 5.11 Å². The minimum atomic E-state index is 0.206. The number of para-hydroxylation sites is 1. The van der Waals surface area contributed by atoms with Crippen molar-refractivity contribution in [3.8, 4) is 5.75 Å². The standard InChI is InChI=1S/C9H11N3OS/c1-14-9(10)12-11-6-7-4-2-3-5-8(7)13/h2-6,13H,1H3,(H2,10,12)/p+1/b11-6+. The van der Waals surface area contributed by atoms with E-state index < -0.39 is 0 Å². The van der Waals surface area contributed by atoms with Gasteiger partial charge in [0.15, 0.2) is 0 Å². The van der Waals surface area contributed by atoms with E-state index in [0.717, 1.165) is 0 Å². The first-order valence-corrected chi connectivity index (χ1v) is 5.20. The van der Waals surface area contributed by atoms with Crippen LogP contribution >= 0.6 is 11.8 Å². The molecule has 0 spiro atoms. The molecule has 0 aliphatic carbocycles. The monoisotopic (exact) mass is 210 g/mol. The molecule has 0 fully saturated rings. The summed E-state index contributed by atoms with van der Waals surface area (Å²) >= 11 is 1.35. The molecule has 0 atom stereocenters.